The van der Waals surface area contributed by atoms with Crippen molar-refractivity contribution in [1.82, 2.24) is 15.2 Å². The second-order valence-electron chi connectivity index (χ2n) is 5.78. The lowest BCUT2D eigenvalue weighted by atomic mass is 10.0. The van der Waals surface area contributed by atoms with E-state index in [4.69, 9.17) is 11.5 Å². The fourth-order valence-electron chi connectivity index (χ4n) is 2.69. The van der Waals surface area contributed by atoms with E-state index in [1.807, 2.05) is 26.0 Å². The van der Waals surface area contributed by atoms with Crippen LogP contribution >= 0.6 is 0 Å². The number of nitrogens with one attached hydrogen (secondary N) is 1. The summed E-state index contributed by atoms with van der Waals surface area (Å²) in [5, 5.41) is 2.62. The van der Waals surface area contributed by atoms with Gasteiger partial charge in [-0.15, -0.1) is 0 Å². The number of carbonyl (C=O) groups is 3. The second kappa shape index (κ2) is 10.3. The highest BCUT2D eigenvalue weighted by molar-refractivity contribution is 5.88. The lowest BCUT2D eigenvalue weighted by molar-refractivity contribution is -0.128. The Kier molecular flexibility index (Phi) is 8.38. The molecule has 1 aromatic heterocycles. The Hall–Kier alpha value is -2.64. The highest BCUT2D eigenvalue weighted by Crippen LogP contribution is 2.12. The number of nitrogens with zero attached hydrogens (tertiary/aromatic N) is 2. The minimum atomic E-state index is -0.986. The normalized spacial score (nSPS) is 12.9. The summed E-state index contributed by atoms with van der Waals surface area (Å²) in [6.45, 7) is 3.94. The molecule has 0 aromatic carbocycles. The molecule has 0 aliphatic heterocycles. The first-order valence-corrected chi connectivity index (χ1v) is 8.45. The molecule has 0 spiro atoms. The lowest BCUT2D eigenvalue weighted by Gasteiger charge is -2.34. The van der Waals surface area contributed by atoms with E-state index in [0.29, 0.717) is 19.3 Å². The average molecular weight is 349 g/mol. The summed E-state index contributed by atoms with van der Waals surface area (Å²) in [7, 11) is 0. The fraction of sp³-hybridized carbons (Fsp3) is 0.529. The number of nitrogens with two attached hydrogens (primary N) is 2. The van der Waals surface area contributed by atoms with Crippen LogP contribution in [-0.2, 0) is 16.0 Å². The molecular weight excluding hydrogens is 322 g/mol. The fourth-order valence-corrected chi connectivity index (χ4v) is 2.69. The molecule has 0 aliphatic carbocycles. The molecule has 1 aromatic rings. The predicted octanol–water partition coefficient (Wildman–Crippen LogP) is 0.554. The highest BCUT2D eigenvalue weighted by Gasteiger charge is 2.33. The molecule has 0 bridgehead atoms. The Morgan fingerprint density at radius 1 is 1.24 bits per heavy atom. The topological polar surface area (TPSA) is 131 Å². The Balaban J connectivity index is 2.91. The van der Waals surface area contributed by atoms with Crippen LogP contribution in [0.25, 0.3) is 0 Å². The van der Waals surface area contributed by atoms with Crippen LogP contribution in [0.4, 0.5) is 4.79 Å². The molecule has 1 rings (SSSR count). The summed E-state index contributed by atoms with van der Waals surface area (Å²) in [4.78, 5) is 41.2. The molecule has 2 unspecified atom stereocenters. The Bertz CT molecular complexity index is 579. The van der Waals surface area contributed by atoms with Gasteiger partial charge in [0.2, 0.25) is 11.8 Å². The van der Waals surface area contributed by atoms with Crippen LogP contribution in [-0.4, -0.2) is 46.4 Å². The van der Waals surface area contributed by atoms with Gasteiger partial charge in [0.05, 0.1) is 6.04 Å². The third kappa shape index (κ3) is 6.40. The standard InChI is InChI=1S/C17H27N5O3/c1-3-7-14(23)21-15(16(18)24)13(4-2)22(17(19)25)11-9-12-8-5-6-10-20-12/h5-6,8,10,13,15H,3-4,7,9,11H2,1-2H3,(H2,18,24)(H2,19,25)(H,21,23). The Labute approximate surface area is 148 Å². The number of aromatic nitrogens is 1. The smallest absolute Gasteiger partial charge is 0.315 e. The maximum Gasteiger partial charge on any atom is 0.315 e. The number of carbonyl (C=O) groups excluding carboxylic acids is 3. The van der Waals surface area contributed by atoms with Gasteiger partial charge in [-0.1, -0.05) is 19.9 Å². The SMILES string of the molecule is CCCC(=O)NC(C(N)=O)C(CC)N(CCc1ccccn1)C(N)=O. The van der Waals surface area contributed by atoms with Crippen LogP contribution in [0.2, 0.25) is 0 Å². The van der Waals surface area contributed by atoms with Crippen molar-refractivity contribution in [2.45, 2.75) is 51.6 Å². The number of rotatable bonds is 10. The van der Waals surface area contributed by atoms with E-state index < -0.39 is 24.0 Å². The quantitative estimate of drug-likeness (QED) is 0.569. The van der Waals surface area contributed by atoms with E-state index in [9.17, 15) is 14.4 Å². The summed E-state index contributed by atoms with van der Waals surface area (Å²) in [5.74, 6) is -0.973. The highest BCUT2D eigenvalue weighted by atomic mass is 16.2. The summed E-state index contributed by atoms with van der Waals surface area (Å²) in [6.07, 6.45) is 3.50. The number of amides is 4. The van der Waals surface area contributed by atoms with Crippen molar-refractivity contribution in [3.8, 4) is 0 Å². The van der Waals surface area contributed by atoms with Gasteiger partial charge < -0.3 is 21.7 Å². The minimum Gasteiger partial charge on any atom is -0.368 e. The van der Waals surface area contributed by atoms with Crippen LogP contribution in [0.5, 0.6) is 0 Å². The van der Waals surface area contributed by atoms with Crippen LogP contribution < -0.4 is 16.8 Å². The molecule has 5 N–H and O–H groups in total. The molecule has 25 heavy (non-hydrogen) atoms. The number of urea groups is 1. The van der Waals surface area contributed by atoms with E-state index >= 15 is 0 Å². The summed E-state index contributed by atoms with van der Waals surface area (Å²) < 4.78 is 0. The van der Waals surface area contributed by atoms with E-state index in [0.717, 1.165) is 5.69 Å². The van der Waals surface area contributed by atoms with Crippen molar-refractivity contribution in [2.24, 2.45) is 11.5 Å². The number of pyridine rings is 1. The van der Waals surface area contributed by atoms with Gasteiger partial charge in [-0.3, -0.25) is 14.6 Å². The van der Waals surface area contributed by atoms with Crippen molar-refractivity contribution in [2.75, 3.05) is 6.54 Å². The molecule has 8 heteroatoms. The molecule has 0 aliphatic rings. The van der Waals surface area contributed by atoms with E-state index in [1.54, 1.807) is 12.3 Å². The molecule has 138 valence electrons. The van der Waals surface area contributed by atoms with Crippen molar-refractivity contribution < 1.29 is 14.4 Å². The molecule has 0 fully saturated rings. The zero-order valence-electron chi connectivity index (χ0n) is 14.8. The average Bonchev–Trinajstić information content (AvgIpc) is 2.57. The van der Waals surface area contributed by atoms with E-state index in [-0.39, 0.29) is 18.9 Å². The van der Waals surface area contributed by atoms with Crippen LogP contribution in [0.15, 0.2) is 24.4 Å². The Morgan fingerprint density at radius 2 is 1.96 bits per heavy atom. The van der Waals surface area contributed by atoms with Gasteiger partial charge in [0.15, 0.2) is 0 Å². The van der Waals surface area contributed by atoms with Crippen molar-refractivity contribution in [1.29, 1.82) is 0 Å². The number of hydrogen-bond donors (Lipinski definition) is 3. The van der Waals surface area contributed by atoms with E-state index in [1.165, 1.54) is 4.90 Å². The predicted molar refractivity (Wildman–Crippen MR) is 94.3 cm³/mol. The van der Waals surface area contributed by atoms with Gasteiger partial charge in [0.25, 0.3) is 0 Å². The van der Waals surface area contributed by atoms with Crippen LogP contribution in [0.3, 0.4) is 0 Å². The van der Waals surface area contributed by atoms with Crippen LogP contribution in [0.1, 0.15) is 38.8 Å². The zero-order valence-corrected chi connectivity index (χ0v) is 14.8. The van der Waals surface area contributed by atoms with Crippen LogP contribution in [0, 0.1) is 0 Å². The van der Waals surface area contributed by atoms with Gasteiger partial charge in [-0.05, 0) is 25.0 Å². The molecule has 2 atom stereocenters. The van der Waals surface area contributed by atoms with Gasteiger partial charge in [-0.2, -0.15) is 0 Å². The molecule has 0 saturated carbocycles. The molecule has 1 heterocycles. The largest absolute Gasteiger partial charge is 0.368 e. The third-order valence-corrected chi connectivity index (χ3v) is 3.92. The molecule has 4 amide bonds. The monoisotopic (exact) mass is 349 g/mol. The maximum absolute atomic E-state index is 11.9. The van der Waals surface area contributed by atoms with Crippen molar-refractivity contribution in [3.63, 3.8) is 0 Å². The first-order chi connectivity index (χ1) is 11.9. The van der Waals surface area contributed by atoms with Gasteiger partial charge >= 0.3 is 6.03 Å². The first-order valence-electron chi connectivity index (χ1n) is 8.45. The summed E-state index contributed by atoms with van der Waals surface area (Å²) in [6, 6.07) is 3.23. The van der Waals surface area contributed by atoms with Gasteiger partial charge in [-0.25, -0.2) is 4.79 Å². The van der Waals surface area contributed by atoms with Crippen molar-refractivity contribution in [3.05, 3.63) is 30.1 Å². The van der Waals surface area contributed by atoms with Gasteiger partial charge in [0, 0.05) is 31.3 Å². The maximum atomic E-state index is 11.9. The Morgan fingerprint density at radius 3 is 2.44 bits per heavy atom. The number of primary amides is 2. The number of hydrogen-bond acceptors (Lipinski definition) is 4. The van der Waals surface area contributed by atoms with Gasteiger partial charge in [0.1, 0.15) is 6.04 Å². The minimum absolute atomic E-state index is 0.276. The molecule has 0 radical (unpaired) electrons. The molecule has 8 nitrogen and oxygen atoms in total. The molecular formula is C17H27N5O3. The zero-order chi connectivity index (χ0) is 18.8. The third-order valence-electron chi connectivity index (χ3n) is 3.92. The van der Waals surface area contributed by atoms with Crippen molar-refractivity contribution >= 4 is 17.8 Å². The second-order valence-corrected chi connectivity index (χ2v) is 5.78. The van der Waals surface area contributed by atoms with E-state index in [2.05, 4.69) is 10.3 Å². The summed E-state index contributed by atoms with van der Waals surface area (Å²) >= 11 is 0. The molecule has 0 saturated heterocycles. The summed E-state index contributed by atoms with van der Waals surface area (Å²) in [5.41, 5.74) is 11.8. The lowest BCUT2D eigenvalue weighted by Crippen LogP contribution is -2.60. The first kappa shape index (κ1) is 20.4.